The third-order valence-corrected chi connectivity index (χ3v) is 3.41. The van der Waals surface area contributed by atoms with Gasteiger partial charge < -0.3 is 20.1 Å². The zero-order valence-corrected chi connectivity index (χ0v) is 12.3. The molecule has 6 nitrogen and oxygen atoms in total. The molecule has 2 rings (SSSR count). The van der Waals surface area contributed by atoms with Crippen LogP contribution in [0.1, 0.15) is 28.8 Å². The highest BCUT2D eigenvalue weighted by molar-refractivity contribution is 5.93. The molecule has 0 spiro atoms. The number of benzene rings is 1. The van der Waals surface area contributed by atoms with E-state index in [1.165, 1.54) is 7.11 Å². The van der Waals surface area contributed by atoms with Crippen LogP contribution >= 0.6 is 0 Å². The largest absolute Gasteiger partial charge is 0.465 e. The molecule has 1 fully saturated rings. The number of hydrogen-bond acceptors (Lipinski definition) is 4. The van der Waals surface area contributed by atoms with E-state index in [4.69, 9.17) is 4.74 Å². The van der Waals surface area contributed by atoms with Crippen molar-refractivity contribution >= 4 is 17.7 Å². The van der Waals surface area contributed by atoms with Gasteiger partial charge in [-0.05, 0) is 43.5 Å². The van der Waals surface area contributed by atoms with Gasteiger partial charge in [0.25, 0.3) is 0 Å². The van der Waals surface area contributed by atoms with Crippen LogP contribution in [-0.4, -0.2) is 38.4 Å². The molecule has 2 N–H and O–H groups in total. The molecule has 0 radical (unpaired) electrons. The molecule has 114 valence electrons. The Balaban J connectivity index is 1.89. The smallest absolute Gasteiger partial charge is 0.337 e. The minimum Gasteiger partial charge on any atom is -0.465 e. The van der Waals surface area contributed by atoms with Crippen molar-refractivity contribution in [3.8, 4) is 0 Å². The predicted molar refractivity (Wildman–Crippen MR) is 78.5 cm³/mol. The first-order valence-electron chi connectivity index (χ1n) is 6.95. The van der Waals surface area contributed by atoms with Crippen molar-refractivity contribution in [1.82, 2.24) is 5.32 Å². The van der Waals surface area contributed by atoms with Gasteiger partial charge >= 0.3 is 12.0 Å². The Bertz CT molecular complexity index is 524. The van der Waals surface area contributed by atoms with E-state index in [0.717, 1.165) is 25.0 Å². The van der Waals surface area contributed by atoms with Crippen LogP contribution < -0.4 is 10.6 Å². The maximum absolute atomic E-state index is 11.8. The molecule has 0 bridgehead atoms. The lowest BCUT2D eigenvalue weighted by molar-refractivity contribution is 0.0600. The molecule has 21 heavy (non-hydrogen) atoms. The maximum Gasteiger partial charge on any atom is 0.337 e. The molecule has 1 unspecified atom stereocenters. The van der Waals surface area contributed by atoms with Crippen LogP contribution in [0, 0.1) is 6.92 Å². The van der Waals surface area contributed by atoms with Gasteiger partial charge in [-0.3, -0.25) is 0 Å². The van der Waals surface area contributed by atoms with Gasteiger partial charge in [0.2, 0.25) is 0 Å². The van der Waals surface area contributed by atoms with Crippen LogP contribution in [0.4, 0.5) is 10.5 Å². The minimum atomic E-state index is -0.396. The number of nitrogens with one attached hydrogen (secondary N) is 2. The lowest BCUT2D eigenvalue weighted by Gasteiger charge is -2.13. The zero-order valence-electron chi connectivity index (χ0n) is 12.3. The normalized spacial score (nSPS) is 17.3. The Hall–Kier alpha value is -2.08. The molecule has 0 saturated carbocycles. The Morgan fingerprint density at radius 1 is 1.43 bits per heavy atom. The van der Waals surface area contributed by atoms with E-state index in [1.807, 2.05) is 6.92 Å². The van der Waals surface area contributed by atoms with Crippen LogP contribution in [0.15, 0.2) is 18.2 Å². The van der Waals surface area contributed by atoms with Crippen LogP contribution in [-0.2, 0) is 9.47 Å². The molecule has 6 heteroatoms. The monoisotopic (exact) mass is 292 g/mol. The number of aryl methyl sites for hydroxylation is 1. The van der Waals surface area contributed by atoms with Crippen LogP contribution in [0.5, 0.6) is 0 Å². The fourth-order valence-electron chi connectivity index (χ4n) is 2.23. The number of carbonyl (C=O) groups excluding carboxylic acids is 2. The van der Waals surface area contributed by atoms with E-state index in [1.54, 1.807) is 18.2 Å². The van der Waals surface area contributed by atoms with Gasteiger partial charge in [-0.15, -0.1) is 0 Å². The van der Waals surface area contributed by atoms with Gasteiger partial charge in [0.15, 0.2) is 0 Å². The van der Waals surface area contributed by atoms with Crippen molar-refractivity contribution in [2.45, 2.75) is 25.9 Å². The molecule has 0 aromatic heterocycles. The first-order valence-corrected chi connectivity index (χ1v) is 6.95. The number of esters is 1. The van der Waals surface area contributed by atoms with E-state index >= 15 is 0 Å². The predicted octanol–water partition coefficient (Wildman–Crippen LogP) is 2.08. The first-order chi connectivity index (χ1) is 10.1. The molecule has 1 aromatic rings. The Morgan fingerprint density at radius 3 is 2.86 bits per heavy atom. The molecule has 1 saturated heterocycles. The fraction of sp³-hybridized carbons (Fsp3) is 0.467. The van der Waals surface area contributed by atoms with Gasteiger partial charge in [-0.1, -0.05) is 0 Å². The topological polar surface area (TPSA) is 76.7 Å². The van der Waals surface area contributed by atoms with E-state index in [2.05, 4.69) is 15.4 Å². The van der Waals surface area contributed by atoms with Crippen LogP contribution in [0.3, 0.4) is 0 Å². The van der Waals surface area contributed by atoms with Gasteiger partial charge in [0.05, 0.1) is 18.8 Å². The SMILES string of the molecule is COC(=O)c1ccc(NC(=O)NCC2CCCO2)c(C)c1. The second-order valence-electron chi connectivity index (χ2n) is 4.99. The molecule has 1 aliphatic heterocycles. The number of ether oxygens (including phenoxy) is 2. The highest BCUT2D eigenvalue weighted by atomic mass is 16.5. The van der Waals surface area contributed by atoms with E-state index < -0.39 is 5.97 Å². The highest BCUT2D eigenvalue weighted by Gasteiger charge is 2.16. The quantitative estimate of drug-likeness (QED) is 0.833. The number of hydrogen-bond donors (Lipinski definition) is 2. The second kappa shape index (κ2) is 7.08. The maximum atomic E-state index is 11.8. The van der Waals surface area contributed by atoms with E-state index in [0.29, 0.717) is 17.8 Å². The minimum absolute atomic E-state index is 0.110. The number of carbonyl (C=O) groups is 2. The average molecular weight is 292 g/mol. The van der Waals surface area contributed by atoms with Crippen molar-refractivity contribution < 1.29 is 19.1 Å². The zero-order chi connectivity index (χ0) is 15.2. The first kappa shape index (κ1) is 15.3. The second-order valence-corrected chi connectivity index (χ2v) is 4.99. The standard InChI is InChI=1S/C15H20N2O4/c1-10-8-11(14(18)20-2)5-6-13(10)17-15(19)16-9-12-4-3-7-21-12/h5-6,8,12H,3-4,7,9H2,1-2H3,(H2,16,17,19). The number of anilines is 1. The highest BCUT2D eigenvalue weighted by Crippen LogP contribution is 2.17. The molecule has 1 atom stereocenters. The van der Waals surface area contributed by atoms with E-state index in [-0.39, 0.29) is 12.1 Å². The Morgan fingerprint density at radius 2 is 2.24 bits per heavy atom. The van der Waals surface area contributed by atoms with Gasteiger partial charge in [0.1, 0.15) is 0 Å². The summed E-state index contributed by atoms with van der Waals surface area (Å²) in [6.45, 7) is 3.09. The molecular formula is C15H20N2O4. The molecule has 2 amide bonds. The van der Waals surface area contributed by atoms with Gasteiger partial charge in [0, 0.05) is 18.8 Å². The summed E-state index contributed by atoms with van der Waals surface area (Å²) in [7, 11) is 1.34. The summed E-state index contributed by atoms with van der Waals surface area (Å²) in [5, 5.41) is 5.54. The molecule has 1 aromatic carbocycles. The van der Waals surface area contributed by atoms with Crippen molar-refractivity contribution in [2.75, 3.05) is 25.6 Å². The van der Waals surface area contributed by atoms with Gasteiger partial charge in [-0.25, -0.2) is 9.59 Å². The number of amides is 2. The molecule has 1 heterocycles. The summed E-state index contributed by atoms with van der Waals surface area (Å²) < 4.78 is 10.1. The van der Waals surface area contributed by atoms with Gasteiger partial charge in [-0.2, -0.15) is 0 Å². The van der Waals surface area contributed by atoms with Crippen molar-refractivity contribution in [2.24, 2.45) is 0 Å². The van der Waals surface area contributed by atoms with Crippen LogP contribution in [0.25, 0.3) is 0 Å². The summed E-state index contributed by atoms with van der Waals surface area (Å²) >= 11 is 0. The third kappa shape index (κ3) is 4.19. The fourth-order valence-corrected chi connectivity index (χ4v) is 2.23. The summed E-state index contributed by atoms with van der Waals surface area (Å²) in [6.07, 6.45) is 2.13. The van der Waals surface area contributed by atoms with Crippen LogP contribution in [0.2, 0.25) is 0 Å². The molecular weight excluding hydrogens is 272 g/mol. The average Bonchev–Trinajstić information content (AvgIpc) is 2.99. The Kier molecular flexibility index (Phi) is 5.16. The lowest BCUT2D eigenvalue weighted by Crippen LogP contribution is -2.35. The van der Waals surface area contributed by atoms with Crippen molar-refractivity contribution in [1.29, 1.82) is 0 Å². The summed E-state index contributed by atoms with van der Waals surface area (Å²) in [5.41, 5.74) is 1.91. The molecule has 1 aliphatic rings. The summed E-state index contributed by atoms with van der Waals surface area (Å²) in [6, 6.07) is 4.71. The summed E-state index contributed by atoms with van der Waals surface area (Å²) in [5.74, 6) is -0.396. The van der Waals surface area contributed by atoms with Crippen molar-refractivity contribution in [3.05, 3.63) is 29.3 Å². The number of rotatable bonds is 4. The number of methoxy groups -OCH3 is 1. The Labute approximate surface area is 123 Å². The lowest BCUT2D eigenvalue weighted by atomic mass is 10.1. The van der Waals surface area contributed by atoms with E-state index in [9.17, 15) is 9.59 Å². The number of urea groups is 1. The molecule has 0 aliphatic carbocycles. The summed E-state index contributed by atoms with van der Waals surface area (Å²) in [4.78, 5) is 23.2. The van der Waals surface area contributed by atoms with Crippen molar-refractivity contribution in [3.63, 3.8) is 0 Å². The third-order valence-electron chi connectivity index (χ3n) is 3.41.